The lowest BCUT2D eigenvalue weighted by Crippen LogP contribution is -2.46. The van der Waals surface area contributed by atoms with E-state index in [1.807, 2.05) is 30.3 Å². The van der Waals surface area contributed by atoms with Crippen LogP contribution < -0.4 is 16.0 Å². The molecule has 1 aliphatic heterocycles. The minimum Gasteiger partial charge on any atom is -0.467 e. The summed E-state index contributed by atoms with van der Waals surface area (Å²) in [6.07, 6.45) is 1.51. The number of hydrogen-bond acceptors (Lipinski definition) is 3. The molecule has 3 N–H and O–H groups in total. The van der Waals surface area contributed by atoms with Crippen LogP contribution in [0.25, 0.3) is 0 Å². The summed E-state index contributed by atoms with van der Waals surface area (Å²) < 4.78 is 5.36. The Morgan fingerprint density at radius 1 is 1.22 bits per heavy atom. The molecule has 23 heavy (non-hydrogen) atoms. The van der Waals surface area contributed by atoms with Crippen molar-refractivity contribution in [2.24, 2.45) is 0 Å². The number of benzene rings is 1. The molecule has 0 saturated carbocycles. The average molecular weight is 311 g/mol. The fourth-order valence-electron chi connectivity index (χ4n) is 2.54. The van der Waals surface area contributed by atoms with Crippen molar-refractivity contribution in [3.05, 3.63) is 71.3 Å². The first-order valence-corrected chi connectivity index (χ1v) is 7.29. The minimum absolute atomic E-state index is 0.250. The van der Waals surface area contributed by atoms with Crippen LogP contribution in [-0.4, -0.2) is 11.9 Å². The third-order valence-corrected chi connectivity index (χ3v) is 3.64. The monoisotopic (exact) mass is 311 g/mol. The number of nitrogens with one attached hydrogen (secondary N) is 3. The zero-order chi connectivity index (χ0) is 16.2. The highest BCUT2D eigenvalue weighted by atomic mass is 16.3. The van der Waals surface area contributed by atoms with Gasteiger partial charge < -0.3 is 20.4 Å². The van der Waals surface area contributed by atoms with Gasteiger partial charge in [0.2, 0.25) is 0 Å². The zero-order valence-corrected chi connectivity index (χ0v) is 12.6. The Morgan fingerprint density at radius 3 is 2.70 bits per heavy atom. The number of urea groups is 1. The standard InChI is InChI=1S/C17H17N3O3/c1-11-14(16(21)18-10-12-6-3-2-4-7-12)15(20-17(22)19-11)13-8-5-9-23-13/h2-9,15H,10H2,1H3,(H,18,21)(H2,19,20,22)/t15-/m0/s1. The van der Waals surface area contributed by atoms with Crippen LogP contribution >= 0.6 is 0 Å². The van der Waals surface area contributed by atoms with Gasteiger partial charge in [-0.2, -0.15) is 0 Å². The second-order valence-electron chi connectivity index (χ2n) is 5.25. The number of amides is 3. The molecule has 0 aliphatic carbocycles. The molecule has 118 valence electrons. The van der Waals surface area contributed by atoms with Crippen molar-refractivity contribution in [3.63, 3.8) is 0 Å². The van der Waals surface area contributed by atoms with E-state index >= 15 is 0 Å². The summed E-state index contributed by atoms with van der Waals surface area (Å²) in [4.78, 5) is 24.3. The first-order chi connectivity index (χ1) is 11.1. The molecular weight excluding hydrogens is 294 g/mol. The van der Waals surface area contributed by atoms with Gasteiger partial charge in [0.25, 0.3) is 5.91 Å². The average Bonchev–Trinajstić information content (AvgIpc) is 3.07. The molecule has 1 aliphatic rings. The molecule has 3 rings (SSSR count). The Kier molecular flexibility index (Phi) is 4.14. The summed E-state index contributed by atoms with van der Waals surface area (Å²) in [5.74, 6) is 0.268. The van der Waals surface area contributed by atoms with Crippen molar-refractivity contribution in [3.8, 4) is 0 Å². The molecule has 1 aromatic heterocycles. The third kappa shape index (κ3) is 3.26. The Morgan fingerprint density at radius 2 is 2.00 bits per heavy atom. The van der Waals surface area contributed by atoms with Crippen LogP contribution in [0, 0.1) is 0 Å². The molecular formula is C17H17N3O3. The van der Waals surface area contributed by atoms with E-state index in [0.717, 1.165) is 5.56 Å². The van der Waals surface area contributed by atoms with E-state index in [0.29, 0.717) is 23.6 Å². The number of carbonyl (C=O) groups excluding carboxylic acids is 2. The van der Waals surface area contributed by atoms with Crippen molar-refractivity contribution in [1.82, 2.24) is 16.0 Å². The van der Waals surface area contributed by atoms with Crippen LogP contribution in [0.1, 0.15) is 24.3 Å². The molecule has 0 saturated heterocycles. The molecule has 2 aromatic rings. The van der Waals surface area contributed by atoms with Crippen molar-refractivity contribution >= 4 is 11.9 Å². The van der Waals surface area contributed by atoms with Gasteiger partial charge in [0, 0.05) is 12.2 Å². The van der Waals surface area contributed by atoms with Gasteiger partial charge in [0.1, 0.15) is 11.8 Å². The zero-order valence-electron chi connectivity index (χ0n) is 12.6. The van der Waals surface area contributed by atoms with E-state index in [4.69, 9.17) is 4.42 Å². The maximum atomic E-state index is 12.6. The SMILES string of the molecule is CC1=C(C(=O)NCc2ccccc2)[C@H](c2ccco2)NC(=O)N1. The molecule has 1 atom stereocenters. The Labute approximate surface area is 133 Å². The number of allylic oxidation sites excluding steroid dienone is 1. The second kappa shape index (κ2) is 6.39. The van der Waals surface area contributed by atoms with Crippen molar-refractivity contribution in [2.75, 3.05) is 0 Å². The second-order valence-corrected chi connectivity index (χ2v) is 5.25. The van der Waals surface area contributed by atoms with Gasteiger partial charge in [-0.25, -0.2) is 4.79 Å². The van der Waals surface area contributed by atoms with Gasteiger partial charge >= 0.3 is 6.03 Å². The van der Waals surface area contributed by atoms with Crippen LogP contribution in [-0.2, 0) is 11.3 Å². The normalized spacial score (nSPS) is 17.4. The molecule has 3 amide bonds. The quantitative estimate of drug-likeness (QED) is 0.809. The summed E-state index contributed by atoms with van der Waals surface area (Å²) in [5, 5.41) is 8.22. The van der Waals surface area contributed by atoms with Gasteiger partial charge in [-0.1, -0.05) is 30.3 Å². The number of hydrogen-bond donors (Lipinski definition) is 3. The van der Waals surface area contributed by atoms with Crippen molar-refractivity contribution < 1.29 is 14.0 Å². The molecule has 0 radical (unpaired) electrons. The highest BCUT2D eigenvalue weighted by molar-refractivity contribution is 5.98. The smallest absolute Gasteiger partial charge is 0.319 e. The lowest BCUT2D eigenvalue weighted by molar-refractivity contribution is -0.118. The molecule has 0 fully saturated rings. The van der Waals surface area contributed by atoms with Crippen LogP contribution in [0.4, 0.5) is 4.79 Å². The predicted octanol–water partition coefficient (Wildman–Crippen LogP) is 2.22. The van der Waals surface area contributed by atoms with E-state index in [1.54, 1.807) is 19.1 Å². The summed E-state index contributed by atoms with van der Waals surface area (Å²) in [6, 6.07) is 12.1. The molecule has 6 heteroatoms. The van der Waals surface area contributed by atoms with E-state index in [1.165, 1.54) is 6.26 Å². The molecule has 0 unspecified atom stereocenters. The third-order valence-electron chi connectivity index (χ3n) is 3.64. The Hall–Kier alpha value is -3.02. The molecule has 1 aromatic carbocycles. The molecule has 0 bridgehead atoms. The van der Waals surface area contributed by atoms with E-state index in [9.17, 15) is 9.59 Å². The maximum absolute atomic E-state index is 12.6. The van der Waals surface area contributed by atoms with Gasteiger partial charge in [-0.15, -0.1) is 0 Å². The Bertz CT molecular complexity index is 736. The topological polar surface area (TPSA) is 83.4 Å². The molecule has 0 spiro atoms. The first-order valence-electron chi connectivity index (χ1n) is 7.29. The number of furan rings is 1. The lowest BCUT2D eigenvalue weighted by atomic mass is 10.00. The molecule has 6 nitrogen and oxygen atoms in total. The van der Waals surface area contributed by atoms with Crippen molar-refractivity contribution in [1.29, 1.82) is 0 Å². The Balaban J connectivity index is 1.81. The van der Waals surface area contributed by atoms with Gasteiger partial charge in [-0.3, -0.25) is 4.79 Å². The van der Waals surface area contributed by atoms with Gasteiger partial charge in [0.05, 0.1) is 11.8 Å². The number of carbonyl (C=O) groups is 2. The van der Waals surface area contributed by atoms with Crippen LogP contribution in [0.5, 0.6) is 0 Å². The summed E-state index contributed by atoms with van der Waals surface area (Å²) in [6.45, 7) is 2.11. The fourth-order valence-corrected chi connectivity index (χ4v) is 2.54. The predicted molar refractivity (Wildman–Crippen MR) is 84.1 cm³/mol. The minimum atomic E-state index is -0.602. The largest absolute Gasteiger partial charge is 0.467 e. The highest BCUT2D eigenvalue weighted by Crippen LogP contribution is 2.26. The van der Waals surface area contributed by atoms with Crippen LogP contribution in [0.2, 0.25) is 0 Å². The van der Waals surface area contributed by atoms with Gasteiger partial charge in [-0.05, 0) is 24.6 Å². The highest BCUT2D eigenvalue weighted by Gasteiger charge is 2.32. The fraction of sp³-hybridized carbons (Fsp3) is 0.176. The first kappa shape index (κ1) is 14.9. The van der Waals surface area contributed by atoms with E-state index in [2.05, 4.69) is 16.0 Å². The van der Waals surface area contributed by atoms with Crippen LogP contribution in [0.15, 0.2) is 64.4 Å². The van der Waals surface area contributed by atoms with E-state index < -0.39 is 6.04 Å². The summed E-state index contributed by atoms with van der Waals surface area (Å²) in [5.41, 5.74) is 1.96. The molecule has 2 heterocycles. The van der Waals surface area contributed by atoms with E-state index in [-0.39, 0.29) is 11.9 Å². The maximum Gasteiger partial charge on any atom is 0.319 e. The van der Waals surface area contributed by atoms with Gasteiger partial charge in [0.15, 0.2) is 0 Å². The van der Waals surface area contributed by atoms with Crippen molar-refractivity contribution in [2.45, 2.75) is 19.5 Å². The lowest BCUT2D eigenvalue weighted by Gasteiger charge is -2.27. The number of rotatable bonds is 4. The summed E-state index contributed by atoms with van der Waals surface area (Å²) in [7, 11) is 0. The van der Waals surface area contributed by atoms with Crippen LogP contribution in [0.3, 0.4) is 0 Å². The summed E-state index contributed by atoms with van der Waals surface area (Å²) >= 11 is 0.